The molecule has 2 aromatic rings. The number of carbonyl (C=O) groups excluding carboxylic acids is 1. The number of rotatable bonds is 3. The number of hydrogen-bond donors (Lipinski definition) is 2. The first-order valence-corrected chi connectivity index (χ1v) is 10.7. The van der Waals surface area contributed by atoms with E-state index in [1.165, 1.54) is 5.56 Å². The minimum Gasteiger partial charge on any atom is -0.349 e. The van der Waals surface area contributed by atoms with Crippen LogP contribution in [0.15, 0.2) is 54.6 Å². The Bertz CT molecular complexity index is 899. The molecule has 0 aromatic heterocycles. The fraction of sp³-hybridized carbons (Fsp3) is 0.364. The molecule has 7 heteroatoms. The maximum absolute atomic E-state index is 12.9. The van der Waals surface area contributed by atoms with Gasteiger partial charge in [0.15, 0.2) is 5.11 Å². The van der Waals surface area contributed by atoms with Crippen LogP contribution in [0.4, 0.5) is 5.69 Å². The zero-order chi connectivity index (χ0) is 20.4. The lowest BCUT2D eigenvalue weighted by Crippen LogP contribution is -2.59. The number of hydrogen-bond acceptors (Lipinski definition) is 3. The summed E-state index contributed by atoms with van der Waals surface area (Å²) in [7, 11) is 1.92. The lowest BCUT2D eigenvalue weighted by molar-refractivity contribution is -0.131. The van der Waals surface area contributed by atoms with Crippen LogP contribution in [0.1, 0.15) is 18.4 Å². The van der Waals surface area contributed by atoms with E-state index in [0.29, 0.717) is 16.6 Å². The number of piperidine rings is 1. The highest BCUT2D eigenvalue weighted by Crippen LogP contribution is 2.32. The largest absolute Gasteiger partial charge is 0.349 e. The third kappa shape index (κ3) is 4.25. The summed E-state index contributed by atoms with van der Waals surface area (Å²) in [6, 6.07) is 17.5. The van der Waals surface area contributed by atoms with Crippen LogP contribution >= 0.6 is 23.8 Å². The van der Waals surface area contributed by atoms with Crippen LogP contribution in [0.5, 0.6) is 0 Å². The first-order chi connectivity index (χ1) is 14.0. The Kier molecular flexibility index (Phi) is 5.76. The second kappa shape index (κ2) is 8.30. The molecule has 2 saturated heterocycles. The molecule has 2 aliphatic heterocycles. The third-order valence-electron chi connectivity index (χ3n) is 5.95. The smallest absolute Gasteiger partial charge is 0.241 e. The van der Waals surface area contributed by atoms with Crippen LogP contribution in [0.25, 0.3) is 0 Å². The summed E-state index contributed by atoms with van der Waals surface area (Å²) in [5, 5.41) is 8.27. The fourth-order valence-corrected chi connectivity index (χ4v) is 4.73. The number of likely N-dealkylation sites (N-methyl/N-ethyl adjacent to an activating group) is 1. The molecule has 0 aliphatic carbocycles. The summed E-state index contributed by atoms with van der Waals surface area (Å²) in [6.45, 7) is 1.57. The number of carbonyl (C=O) groups is 1. The molecule has 152 valence electrons. The summed E-state index contributed by atoms with van der Waals surface area (Å²) in [6.07, 6.45) is 2.38. The molecule has 0 saturated carbocycles. The number of nitrogens with one attached hydrogen (secondary N) is 2. The molecule has 2 N–H and O–H groups in total. The second-order valence-corrected chi connectivity index (χ2v) is 8.57. The number of likely N-dealkylation sites (tertiary alicyclic amines) is 1. The minimum absolute atomic E-state index is 0.168. The van der Waals surface area contributed by atoms with Gasteiger partial charge < -0.3 is 15.1 Å². The highest BCUT2D eigenvalue weighted by Gasteiger charge is 2.49. The average Bonchev–Trinajstić information content (AvgIpc) is 2.94. The van der Waals surface area contributed by atoms with Crippen molar-refractivity contribution in [3.63, 3.8) is 0 Å². The van der Waals surface area contributed by atoms with Crippen LogP contribution in [0.2, 0.25) is 5.02 Å². The van der Waals surface area contributed by atoms with Crippen LogP contribution in [-0.2, 0) is 11.2 Å². The molecule has 1 atom stereocenters. The van der Waals surface area contributed by atoms with Gasteiger partial charge in [-0.1, -0.05) is 48.0 Å². The molecular formula is C22H25ClN4OS. The molecule has 0 bridgehead atoms. The maximum atomic E-state index is 12.9. The van der Waals surface area contributed by atoms with Crippen molar-refractivity contribution >= 4 is 40.5 Å². The van der Waals surface area contributed by atoms with Gasteiger partial charge in [0.05, 0.1) is 11.7 Å². The van der Waals surface area contributed by atoms with E-state index in [1.807, 2.05) is 54.4 Å². The Morgan fingerprint density at radius 2 is 1.93 bits per heavy atom. The van der Waals surface area contributed by atoms with Gasteiger partial charge in [-0.25, -0.2) is 0 Å². The van der Waals surface area contributed by atoms with E-state index < -0.39 is 0 Å². The van der Waals surface area contributed by atoms with Gasteiger partial charge in [-0.3, -0.25) is 10.1 Å². The summed E-state index contributed by atoms with van der Waals surface area (Å²) >= 11 is 11.7. The van der Waals surface area contributed by atoms with E-state index in [4.69, 9.17) is 23.8 Å². The topological polar surface area (TPSA) is 47.6 Å². The van der Waals surface area contributed by atoms with Crippen molar-refractivity contribution in [1.82, 2.24) is 15.1 Å². The van der Waals surface area contributed by atoms with Gasteiger partial charge in [-0.2, -0.15) is 0 Å². The summed E-state index contributed by atoms with van der Waals surface area (Å²) < 4.78 is 0. The summed E-state index contributed by atoms with van der Waals surface area (Å²) in [4.78, 5) is 16.9. The highest BCUT2D eigenvalue weighted by atomic mass is 35.5. The predicted octanol–water partition coefficient (Wildman–Crippen LogP) is 3.50. The Balaban J connectivity index is 1.37. The molecule has 0 unspecified atom stereocenters. The van der Waals surface area contributed by atoms with Crippen molar-refractivity contribution in [2.24, 2.45) is 0 Å². The van der Waals surface area contributed by atoms with Gasteiger partial charge in [0.2, 0.25) is 5.91 Å². The second-order valence-electron chi connectivity index (χ2n) is 7.74. The minimum atomic E-state index is -0.293. The van der Waals surface area contributed by atoms with E-state index in [9.17, 15) is 4.79 Å². The molecule has 4 rings (SSSR count). The quantitative estimate of drug-likeness (QED) is 0.733. The van der Waals surface area contributed by atoms with Gasteiger partial charge in [0.25, 0.3) is 0 Å². The SMILES string of the molecule is CN1C(=O)[C@H](Cc2ccccc2)NC12CCN(C(=S)Nc1cccc(Cl)c1)CC2. The van der Waals surface area contributed by atoms with Gasteiger partial charge in [-0.15, -0.1) is 0 Å². The Labute approximate surface area is 182 Å². The molecule has 2 aromatic carbocycles. The molecule has 1 amide bonds. The van der Waals surface area contributed by atoms with E-state index in [2.05, 4.69) is 27.7 Å². The van der Waals surface area contributed by atoms with Crippen molar-refractivity contribution in [2.45, 2.75) is 31.0 Å². The van der Waals surface area contributed by atoms with E-state index in [1.54, 1.807) is 0 Å². The van der Waals surface area contributed by atoms with E-state index in [-0.39, 0.29) is 17.6 Å². The normalized spacial score (nSPS) is 20.9. The van der Waals surface area contributed by atoms with Crippen LogP contribution < -0.4 is 10.6 Å². The van der Waals surface area contributed by atoms with Crippen LogP contribution in [0, 0.1) is 0 Å². The fourth-order valence-electron chi connectivity index (χ4n) is 4.24. The van der Waals surface area contributed by atoms with Crippen molar-refractivity contribution in [1.29, 1.82) is 0 Å². The Morgan fingerprint density at radius 1 is 1.21 bits per heavy atom. The van der Waals surface area contributed by atoms with Crippen molar-refractivity contribution in [3.05, 3.63) is 65.2 Å². The van der Waals surface area contributed by atoms with Crippen LogP contribution in [-0.4, -0.2) is 52.7 Å². The van der Waals surface area contributed by atoms with Gasteiger partial charge >= 0.3 is 0 Å². The number of thiocarbonyl (C=S) groups is 1. The predicted molar refractivity (Wildman–Crippen MR) is 121 cm³/mol. The molecule has 5 nitrogen and oxygen atoms in total. The highest BCUT2D eigenvalue weighted by molar-refractivity contribution is 7.80. The lowest BCUT2D eigenvalue weighted by atomic mass is 9.96. The molecular weight excluding hydrogens is 404 g/mol. The number of amides is 1. The first kappa shape index (κ1) is 20.1. The molecule has 1 spiro atoms. The van der Waals surface area contributed by atoms with Gasteiger partial charge in [-0.05, 0) is 42.4 Å². The number of anilines is 1. The lowest BCUT2D eigenvalue weighted by Gasteiger charge is -2.44. The zero-order valence-electron chi connectivity index (χ0n) is 16.4. The van der Waals surface area contributed by atoms with Crippen molar-refractivity contribution in [3.8, 4) is 0 Å². The maximum Gasteiger partial charge on any atom is 0.241 e. The van der Waals surface area contributed by atoms with Gasteiger partial charge in [0.1, 0.15) is 0 Å². The summed E-state index contributed by atoms with van der Waals surface area (Å²) in [5.41, 5.74) is 1.77. The van der Waals surface area contributed by atoms with Crippen molar-refractivity contribution in [2.75, 3.05) is 25.5 Å². The van der Waals surface area contributed by atoms with Gasteiger partial charge in [0, 0.05) is 43.7 Å². The third-order valence-corrected chi connectivity index (χ3v) is 6.55. The molecule has 2 aliphatic rings. The van der Waals surface area contributed by atoms with E-state index in [0.717, 1.165) is 31.6 Å². The Morgan fingerprint density at radius 3 is 2.62 bits per heavy atom. The van der Waals surface area contributed by atoms with Crippen LogP contribution in [0.3, 0.4) is 0 Å². The number of benzene rings is 2. The number of nitrogens with zero attached hydrogens (tertiary/aromatic N) is 2. The standard InChI is InChI=1S/C22H25ClN4OS/c1-26-20(28)19(14-16-6-3-2-4-7-16)25-22(26)10-12-27(13-11-22)21(29)24-18-9-5-8-17(23)15-18/h2-9,15,19,25H,10-14H2,1H3,(H,24,29)/t19-/m0/s1. The Hall–Kier alpha value is -2.15. The number of halogens is 1. The zero-order valence-corrected chi connectivity index (χ0v) is 18.0. The average molecular weight is 429 g/mol. The summed E-state index contributed by atoms with van der Waals surface area (Å²) in [5.74, 6) is 0.168. The van der Waals surface area contributed by atoms with Crippen molar-refractivity contribution < 1.29 is 4.79 Å². The molecule has 2 heterocycles. The molecule has 0 radical (unpaired) electrons. The molecule has 2 fully saturated rings. The van der Waals surface area contributed by atoms with E-state index >= 15 is 0 Å². The first-order valence-electron chi connectivity index (χ1n) is 9.88. The molecule has 29 heavy (non-hydrogen) atoms. The monoisotopic (exact) mass is 428 g/mol.